The molecule has 1 aliphatic rings. The highest BCUT2D eigenvalue weighted by molar-refractivity contribution is 7.54. The van der Waals surface area contributed by atoms with Crippen LogP contribution in [-0.4, -0.2) is 39.2 Å². The van der Waals surface area contributed by atoms with Crippen LogP contribution in [0.5, 0.6) is 0 Å². The van der Waals surface area contributed by atoms with Gasteiger partial charge in [0.2, 0.25) is 0 Å². The van der Waals surface area contributed by atoms with Gasteiger partial charge in [-0.15, -0.1) is 0 Å². The number of unbranched alkanes of at least 4 members (excludes halogenated alkanes) is 3. The van der Waals surface area contributed by atoms with Crippen molar-refractivity contribution < 1.29 is 27.9 Å². The molecule has 0 aromatic rings. The summed E-state index contributed by atoms with van der Waals surface area (Å²) in [5, 5.41) is 0. The van der Waals surface area contributed by atoms with Crippen LogP contribution in [-0.2, 0) is 27.9 Å². The van der Waals surface area contributed by atoms with Gasteiger partial charge in [0.25, 0.3) is 0 Å². The molecule has 0 spiro atoms. The number of methoxy groups -OCH3 is 1. The van der Waals surface area contributed by atoms with E-state index < -0.39 is 7.60 Å². The minimum atomic E-state index is -3.12. The smallest absolute Gasteiger partial charge is 0.334 e. The SMILES string of the molecule is COC(=O)CCCCCCC1=C(CP(=O)(OC)OC)CCC1=O. The van der Waals surface area contributed by atoms with E-state index in [4.69, 9.17) is 9.05 Å². The van der Waals surface area contributed by atoms with Gasteiger partial charge in [-0.05, 0) is 31.3 Å². The molecule has 6 nitrogen and oxygen atoms in total. The van der Waals surface area contributed by atoms with Gasteiger partial charge in [0, 0.05) is 27.1 Å². The van der Waals surface area contributed by atoms with Crippen LogP contribution in [0.2, 0.25) is 0 Å². The average molecular weight is 346 g/mol. The first-order chi connectivity index (χ1) is 11.0. The number of carbonyl (C=O) groups excluding carboxylic acids is 2. The molecule has 0 aromatic carbocycles. The van der Waals surface area contributed by atoms with E-state index in [9.17, 15) is 14.2 Å². The molecule has 0 N–H and O–H groups in total. The number of hydrogen-bond acceptors (Lipinski definition) is 6. The summed E-state index contributed by atoms with van der Waals surface area (Å²) in [6.07, 6.45) is 6.03. The lowest BCUT2D eigenvalue weighted by Gasteiger charge is -2.15. The Labute approximate surface area is 138 Å². The summed E-state index contributed by atoms with van der Waals surface area (Å²) in [6, 6.07) is 0. The summed E-state index contributed by atoms with van der Waals surface area (Å²) in [5.74, 6) is -0.0378. The van der Waals surface area contributed by atoms with Crippen LogP contribution in [0.4, 0.5) is 0 Å². The lowest BCUT2D eigenvalue weighted by molar-refractivity contribution is -0.140. The number of carbonyl (C=O) groups is 2. The molecule has 0 saturated heterocycles. The first-order valence-electron chi connectivity index (χ1n) is 7.97. The second kappa shape index (κ2) is 10.0. The van der Waals surface area contributed by atoms with E-state index in [2.05, 4.69) is 4.74 Å². The first kappa shape index (κ1) is 20.1. The lowest BCUT2D eigenvalue weighted by atomic mass is 10.0. The largest absolute Gasteiger partial charge is 0.469 e. The Bertz CT molecular complexity index is 489. The number of esters is 1. The lowest BCUT2D eigenvalue weighted by Crippen LogP contribution is -2.02. The Morgan fingerprint density at radius 1 is 1.04 bits per heavy atom. The predicted molar refractivity (Wildman–Crippen MR) is 87.5 cm³/mol. The zero-order valence-corrected chi connectivity index (χ0v) is 15.2. The maximum Gasteiger partial charge on any atom is 0.334 e. The molecule has 0 bridgehead atoms. The predicted octanol–water partition coefficient (Wildman–Crippen LogP) is 3.65. The fourth-order valence-electron chi connectivity index (χ4n) is 2.72. The molecule has 0 heterocycles. The molecule has 0 aliphatic heterocycles. The van der Waals surface area contributed by atoms with E-state index >= 15 is 0 Å². The fourth-order valence-corrected chi connectivity index (χ4v) is 3.94. The van der Waals surface area contributed by atoms with Crippen molar-refractivity contribution in [1.82, 2.24) is 0 Å². The van der Waals surface area contributed by atoms with Crippen LogP contribution in [0.15, 0.2) is 11.1 Å². The van der Waals surface area contributed by atoms with Crippen LogP contribution in [0.1, 0.15) is 51.4 Å². The van der Waals surface area contributed by atoms with E-state index in [1.54, 1.807) is 0 Å². The van der Waals surface area contributed by atoms with Crippen molar-refractivity contribution in [3.63, 3.8) is 0 Å². The van der Waals surface area contributed by atoms with E-state index in [0.717, 1.165) is 36.8 Å². The van der Waals surface area contributed by atoms with Gasteiger partial charge in [-0.1, -0.05) is 18.4 Å². The molecule has 0 radical (unpaired) electrons. The van der Waals surface area contributed by atoms with Gasteiger partial charge in [-0.3, -0.25) is 14.2 Å². The molecule has 7 heteroatoms. The summed E-state index contributed by atoms with van der Waals surface area (Å²) >= 11 is 0. The molecule has 1 aliphatic carbocycles. The van der Waals surface area contributed by atoms with E-state index in [0.29, 0.717) is 25.7 Å². The minimum Gasteiger partial charge on any atom is -0.469 e. The van der Waals surface area contributed by atoms with Crippen molar-refractivity contribution in [3.05, 3.63) is 11.1 Å². The number of rotatable bonds is 11. The van der Waals surface area contributed by atoms with Gasteiger partial charge >= 0.3 is 13.6 Å². The maximum atomic E-state index is 12.2. The molecule has 23 heavy (non-hydrogen) atoms. The quantitative estimate of drug-likeness (QED) is 0.323. The van der Waals surface area contributed by atoms with Crippen LogP contribution < -0.4 is 0 Å². The highest BCUT2D eigenvalue weighted by Crippen LogP contribution is 2.50. The number of Topliss-reactive ketones (excluding diaryl/α,β-unsaturated/α-hetero) is 1. The topological polar surface area (TPSA) is 78.9 Å². The third-order valence-electron chi connectivity index (χ3n) is 4.14. The summed E-state index contributed by atoms with van der Waals surface area (Å²) in [4.78, 5) is 23.0. The molecule has 0 aromatic heterocycles. The van der Waals surface area contributed by atoms with Crippen LogP contribution >= 0.6 is 7.60 Å². The van der Waals surface area contributed by atoms with Gasteiger partial charge in [0.1, 0.15) is 0 Å². The molecular weight excluding hydrogens is 319 g/mol. The molecule has 132 valence electrons. The van der Waals surface area contributed by atoms with Crippen LogP contribution in [0.25, 0.3) is 0 Å². The Morgan fingerprint density at radius 2 is 1.70 bits per heavy atom. The zero-order chi connectivity index (χ0) is 17.3. The van der Waals surface area contributed by atoms with Crippen molar-refractivity contribution in [2.45, 2.75) is 51.4 Å². The summed E-state index contributed by atoms with van der Waals surface area (Å²) in [7, 11) is 0.997. The zero-order valence-electron chi connectivity index (χ0n) is 14.3. The Morgan fingerprint density at radius 3 is 2.30 bits per heavy atom. The number of hydrogen-bond donors (Lipinski definition) is 0. The third kappa shape index (κ3) is 6.58. The molecular formula is C16H27O6P. The molecule has 0 fully saturated rings. The minimum absolute atomic E-state index is 0.147. The molecule has 1 rings (SSSR count). The monoisotopic (exact) mass is 346 g/mol. The van der Waals surface area contributed by atoms with E-state index in [1.807, 2.05) is 0 Å². The van der Waals surface area contributed by atoms with Crippen molar-refractivity contribution in [3.8, 4) is 0 Å². The maximum absolute atomic E-state index is 12.2. The van der Waals surface area contributed by atoms with Gasteiger partial charge < -0.3 is 13.8 Å². The Balaban J connectivity index is 2.45. The van der Waals surface area contributed by atoms with E-state index in [1.165, 1.54) is 21.3 Å². The van der Waals surface area contributed by atoms with Crippen LogP contribution in [0.3, 0.4) is 0 Å². The molecule has 0 saturated carbocycles. The third-order valence-corrected chi connectivity index (χ3v) is 6.03. The van der Waals surface area contributed by atoms with Gasteiger partial charge in [0.15, 0.2) is 5.78 Å². The fraction of sp³-hybridized carbons (Fsp3) is 0.750. The van der Waals surface area contributed by atoms with Crippen molar-refractivity contribution >= 4 is 19.3 Å². The number of ether oxygens (including phenoxy) is 1. The summed E-state index contributed by atoms with van der Waals surface area (Å²) in [5.41, 5.74) is 1.71. The van der Waals surface area contributed by atoms with Crippen molar-refractivity contribution in [2.24, 2.45) is 0 Å². The second-order valence-electron chi connectivity index (χ2n) is 5.63. The van der Waals surface area contributed by atoms with Crippen molar-refractivity contribution in [2.75, 3.05) is 27.5 Å². The highest BCUT2D eigenvalue weighted by Gasteiger charge is 2.30. The molecule has 0 atom stereocenters. The Hall–Kier alpha value is -0.970. The van der Waals surface area contributed by atoms with Gasteiger partial charge in [-0.25, -0.2) is 0 Å². The number of ketones is 1. The standard InChI is InChI=1S/C16H27O6P/c1-20-16(18)9-7-5-4-6-8-14-13(10-11-15(14)17)12-23(19,21-2)22-3/h4-12H2,1-3H3. The van der Waals surface area contributed by atoms with Crippen molar-refractivity contribution in [1.29, 1.82) is 0 Å². The average Bonchev–Trinajstić information content (AvgIpc) is 2.90. The highest BCUT2D eigenvalue weighted by atomic mass is 31.2. The normalized spacial score (nSPS) is 15.3. The first-order valence-corrected chi connectivity index (χ1v) is 9.70. The summed E-state index contributed by atoms with van der Waals surface area (Å²) < 4.78 is 26.8. The molecule has 0 unspecified atom stereocenters. The van der Waals surface area contributed by atoms with E-state index in [-0.39, 0.29) is 17.9 Å². The molecule has 0 amide bonds. The number of allylic oxidation sites excluding steroid dienone is 2. The van der Waals surface area contributed by atoms with Gasteiger partial charge in [-0.2, -0.15) is 0 Å². The van der Waals surface area contributed by atoms with Crippen LogP contribution in [0, 0.1) is 0 Å². The second-order valence-corrected chi connectivity index (χ2v) is 7.90. The van der Waals surface area contributed by atoms with Gasteiger partial charge in [0.05, 0.1) is 13.3 Å². The summed E-state index contributed by atoms with van der Waals surface area (Å²) in [6.45, 7) is 0. The Kier molecular flexibility index (Phi) is 8.74.